The lowest BCUT2D eigenvalue weighted by Crippen LogP contribution is -1.99. The maximum atomic E-state index is 6.66. The second kappa shape index (κ2) is 12.1. The van der Waals surface area contributed by atoms with Gasteiger partial charge in [-0.1, -0.05) is 133 Å². The lowest BCUT2D eigenvalue weighted by Gasteiger charge is -2.16. The molecule has 0 atom stereocenters. The molecule has 252 valence electrons. The molecule has 11 rings (SSSR count). The summed E-state index contributed by atoms with van der Waals surface area (Å²) in [4.78, 5) is 10.8. The summed E-state index contributed by atoms with van der Waals surface area (Å²) in [6.45, 7) is 0. The quantitative estimate of drug-likeness (QED) is 0.182. The zero-order valence-electron chi connectivity index (χ0n) is 29.0. The standard InChI is InChI=1S/C50H30ClN3/c51-40-21-23-46-44(30-40)43-26-34-14-6-7-15-35(34)28-48(43)54(46)47-29-39(25-37-16-8-9-17-41(37)47)50-52-45-27-36(31-10-2-1-3-11-31)20-22-42(45)49(53-50)38-19-18-32-12-4-5-13-33(32)24-38/h1-30H. The second-order valence-electron chi connectivity index (χ2n) is 14.0. The molecular formula is C50H30ClN3. The van der Waals surface area contributed by atoms with E-state index < -0.39 is 0 Å². The van der Waals surface area contributed by atoms with E-state index in [9.17, 15) is 0 Å². The highest BCUT2D eigenvalue weighted by molar-refractivity contribution is 6.32. The normalized spacial score (nSPS) is 11.8. The molecule has 2 aromatic heterocycles. The molecule has 0 amide bonds. The van der Waals surface area contributed by atoms with Gasteiger partial charge in [0.25, 0.3) is 0 Å². The van der Waals surface area contributed by atoms with Gasteiger partial charge in [-0.25, -0.2) is 9.97 Å². The predicted octanol–water partition coefficient (Wildman–Crippen LogP) is 13.8. The Hall–Kier alpha value is -6.81. The number of hydrogen-bond donors (Lipinski definition) is 0. The number of hydrogen-bond acceptors (Lipinski definition) is 2. The lowest BCUT2D eigenvalue weighted by molar-refractivity contribution is 1.19. The fraction of sp³-hybridized carbons (Fsp3) is 0. The van der Waals surface area contributed by atoms with Crippen LogP contribution in [-0.2, 0) is 0 Å². The van der Waals surface area contributed by atoms with Gasteiger partial charge in [-0.05, 0) is 98.7 Å². The minimum Gasteiger partial charge on any atom is -0.309 e. The maximum absolute atomic E-state index is 6.66. The van der Waals surface area contributed by atoms with Crippen molar-refractivity contribution in [1.82, 2.24) is 14.5 Å². The summed E-state index contributed by atoms with van der Waals surface area (Å²) < 4.78 is 2.39. The van der Waals surface area contributed by atoms with Gasteiger partial charge in [-0.3, -0.25) is 0 Å². The average Bonchev–Trinajstić information content (AvgIpc) is 3.53. The van der Waals surface area contributed by atoms with Crippen LogP contribution >= 0.6 is 11.6 Å². The molecule has 0 saturated heterocycles. The molecule has 0 N–H and O–H groups in total. The van der Waals surface area contributed by atoms with Crippen LogP contribution in [0.4, 0.5) is 0 Å². The van der Waals surface area contributed by atoms with Gasteiger partial charge in [0.2, 0.25) is 0 Å². The fourth-order valence-electron chi connectivity index (χ4n) is 8.17. The molecule has 0 unspecified atom stereocenters. The number of rotatable bonds is 4. The first-order valence-corrected chi connectivity index (χ1v) is 18.5. The van der Waals surface area contributed by atoms with Crippen LogP contribution in [0.1, 0.15) is 0 Å². The molecule has 0 aliphatic heterocycles. The van der Waals surface area contributed by atoms with E-state index >= 15 is 0 Å². The maximum Gasteiger partial charge on any atom is 0.160 e. The van der Waals surface area contributed by atoms with Crippen LogP contribution in [0, 0.1) is 0 Å². The van der Waals surface area contributed by atoms with E-state index in [1.54, 1.807) is 0 Å². The minimum atomic E-state index is 0.678. The summed E-state index contributed by atoms with van der Waals surface area (Å²) in [6.07, 6.45) is 0. The van der Waals surface area contributed by atoms with Crippen molar-refractivity contribution in [3.63, 3.8) is 0 Å². The SMILES string of the molecule is Clc1ccc2c(c1)c1cc3ccccc3cc1n2-c1cc(-c2nc(-c3ccc4ccccc4c3)c3ccc(-c4ccccc4)cc3n2)cc2ccccc12. The van der Waals surface area contributed by atoms with Crippen LogP contribution in [0.5, 0.6) is 0 Å². The first kappa shape index (κ1) is 30.8. The van der Waals surface area contributed by atoms with Crippen LogP contribution in [0.3, 0.4) is 0 Å². The molecule has 0 aliphatic carbocycles. The Labute approximate surface area is 316 Å². The summed E-state index contributed by atoms with van der Waals surface area (Å²) >= 11 is 6.66. The smallest absolute Gasteiger partial charge is 0.160 e. The van der Waals surface area contributed by atoms with Gasteiger partial charge in [-0.15, -0.1) is 0 Å². The molecule has 0 fully saturated rings. The van der Waals surface area contributed by atoms with Gasteiger partial charge in [-0.2, -0.15) is 0 Å². The molecule has 2 heterocycles. The Bertz CT molecular complexity index is 3290. The third kappa shape index (κ3) is 4.97. The molecule has 0 bridgehead atoms. The zero-order chi connectivity index (χ0) is 35.8. The lowest BCUT2D eigenvalue weighted by atomic mass is 9.98. The van der Waals surface area contributed by atoms with Crippen LogP contribution in [0.15, 0.2) is 182 Å². The Kier molecular flexibility index (Phi) is 6.91. The van der Waals surface area contributed by atoms with E-state index in [0.29, 0.717) is 10.8 Å². The van der Waals surface area contributed by atoms with Crippen LogP contribution < -0.4 is 0 Å². The molecule has 3 nitrogen and oxygen atoms in total. The van der Waals surface area contributed by atoms with Crippen molar-refractivity contribution in [3.8, 4) is 39.5 Å². The van der Waals surface area contributed by atoms with Gasteiger partial charge >= 0.3 is 0 Å². The van der Waals surface area contributed by atoms with Crippen molar-refractivity contribution in [2.24, 2.45) is 0 Å². The monoisotopic (exact) mass is 707 g/mol. The van der Waals surface area contributed by atoms with Crippen molar-refractivity contribution >= 4 is 76.6 Å². The van der Waals surface area contributed by atoms with Crippen molar-refractivity contribution in [2.45, 2.75) is 0 Å². The number of nitrogens with zero attached hydrogens (tertiary/aromatic N) is 3. The highest BCUT2D eigenvalue weighted by Gasteiger charge is 2.19. The van der Waals surface area contributed by atoms with E-state index in [2.05, 4.69) is 174 Å². The van der Waals surface area contributed by atoms with Gasteiger partial charge in [0.1, 0.15) is 0 Å². The Morgan fingerprint density at radius 1 is 0.370 bits per heavy atom. The third-order valence-electron chi connectivity index (χ3n) is 10.8. The Balaban J connectivity index is 1.21. The van der Waals surface area contributed by atoms with Crippen molar-refractivity contribution in [3.05, 3.63) is 187 Å². The Morgan fingerprint density at radius 2 is 1.04 bits per heavy atom. The third-order valence-corrected chi connectivity index (χ3v) is 11.0. The van der Waals surface area contributed by atoms with E-state index in [1.807, 2.05) is 12.1 Å². The zero-order valence-corrected chi connectivity index (χ0v) is 29.8. The van der Waals surface area contributed by atoms with Crippen molar-refractivity contribution < 1.29 is 0 Å². The second-order valence-corrected chi connectivity index (χ2v) is 14.4. The topological polar surface area (TPSA) is 30.7 Å². The molecule has 0 radical (unpaired) electrons. The number of fused-ring (bicyclic) bond motifs is 7. The van der Waals surface area contributed by atoms with Crippen molar-refractivity contribution in [2.75, 3.05) is 0 Å². The molecule has 11 aromatic rings. The minimum absolute atomic E-state index is 0.678. The summed E-state index contributed by atoms with van der Waals surface area (Å²) in [7, 11) is 0. The van der Waals surface area contributed by atoms with Gasteiger partial charge in [0.05, 0.1) is 27.9 Å². The van der Waals surface area contributed by atoms with E-state index in [1.165, 1.54) is 21.5 Å². The summed E-state index contributed by atoms with van der Waals surface area (Å²) in [6, 6.07) is 64.6. The molecule has 54 heavy (non-hydrogen) atoms. The van der Waals surface area contributed by atoms with Gasteiger partial charge in [0, 0.05) is 37.7 Å². The molecule has 9 aromatic carbocycles. The van der Waals surface area contributed by atoms with Crippen molar-refractivity contribution in [1.29, 1.82) is 0 Å². The molecule has 0 aliphatic rings. The largest absolute Gasteiger partial charge is 0.309 e. The fourth-order valence-corrected chi connectivity index (χ4v) is 8.34. The first-order valence-electron chi connectivity index (χ1n) is 18.2. The summed E-state index contributed by atoms with van der Waals surface area (Å²) in [5, 5.41) is 11.0. The summed E-state index contributed by atoms with van der Waals surface area (Å²) in [5.74, 6) is 0.678. The number of aromatic nitrogens is 3. The molecule has 0 saturated carbocycles. The van der Waals surface area contributed by atoms with Crippen LogP contribution in [0.2, 0.25) is 5.02 Å². The van der Waals surface area contributed by atoms with Crippen LogP contribution in [0.25, 0.3) is 104 Å². The first-order chi connectivity index (χ1) is 26.6. The van der Waals surface area contributed by atoms with E-state index in [0.717, 1.165) is 77.1 Å². The van der Waals surface area contributed by atoms with E-state index in [4.69, 9.17) is 21.6 Å². The number of benzene rings is 9. The molecule has 4 heteroatoms. The highest BCUT2D eigenvalue weighted by Crippen LogP contribution is 2.40. The van der Waals surface area contributed by atoms with E-state index in [-0.39, 0.29) is 0 Å². The van der Waals surface area contributed by atoms with Gasteiger partial charge < -0.3 is 4.57 Å². The predicted molar refractivity (Wildman–Crippen MR) is 228 cm³/mol. The molecular weight excluding hydrogens is 678 g/mol. The van der Waals surface area contributed by atoms with Gasteiger partial charge in [0.15, 0.2) is 5.82 Å². The molecule has 0 spiro atoms. The Morgan fingerprint density at radius 3 is 1.87 bits per heavy atom. The number of halogens is 1. The average molecular weight is 708 g/mol. The highest BCUT2D eigenvalue weighted by atomic mass is 35.5. The summed E-state index contributed by atoms with van der Waals surface area (Å²) in [5.41, 5.74) is 9.36. The van der Waals surface area contributed by atoms with Crippen LogP contribution in [-0.4, -0.2) is 14.5 Å².